The van der Waals surface area contributed by atoms with Crippen LogP contribution in [0.4, 0.5) is 0 Å². The Hall–Kier alpha value is -2.72. The molecule has 0 saturated carbocycles. The molecule has 150 valence electrons. The van der Waals surface area contributed by atoms with Crippen molar-refractivity contribution in [1.29, 1.82) is 0 Å². The van der Waals surface area contributed by atoms with E-state index in [-0.39, 0.29) is 5.91 Å². The van der Waals surface area contributed by atoms with Crippen LogP contribution in [0.3, 0.4) is 0 Å². The van der Waals surface area contributed by atoms with Crippen molar-refractivity contribution in [2.24, 2.45) is 0 Å². The summed E-state index contributed by atoms with van der Waals surface area (Å²) in [4.78, 5) is 13.7. The van der Waals surface area contributed by atoms with E-state index in [9.17, 15) is 4.79 Å². The SMILES string of the molecule is CCOc1ccccc1CCCNC(=O)c1ccccc1SCc1ccccc1. The zero-order chi connectivity index (χ0) is 20.3. The number of rotatable bonds is 10. The number of para-hydroxylation sites is 1. The molecule has 0 aromatic heterocycles. The minimum Gasteiger partial charge on any atom is -0.494 e. The summed E-state index contributed by atoms with van der Waals surface area (Å²) in [6.45, 7) is 3.28. The van der Waals surface area contributed by atoms with Gasteiger partial charge in [0.15, 0.2) is 0 Å². The number of hydrogen-bond acceptors (Lipinski definition) is 3. The van der Waals surface area contributed by atoms with Crippen molar-refractivity contribution in [3.8, 4) is 5.75 Å². The molecule has 0 heterocycles. The fourth-order valence-corrected chi connectivity index (χ4v) is 4.10. The smallest absolute Gasteiger partial charge is 0.252 e. The Balaban J connectivity index is 1.52. The molecule has 0 saturated heterocycles. The molecule has 0 fully saturated rings. The third-order valence-electron chi connectivity index (χ3n) is 4.55. The van der Waals surface area contributed by atoms with Gasteiger partial charge in [-0.2, -0.15) is 0 Å². The largest absolute Gasteiger partial charge is 0.494 e. The molecule has 0 spiro atoms. The molecule has 3 aromatic rings. The van der Waals surface area contributed by atoms with Crippen molar-refractivity contribution >= 4 is 17.7 Å². The summed E-state index contributed by atoms with van der Waals surface area (Å²) in [5.74, 6) is 1.77. The average molecular weight is 406 g/mol. The van der Waals surface area contributed by atoms with Gasteiger partial charge >= 0.3 is 0 Å². The summed E-state index contributed by atoms with van der Waals surface area (Å²) >= 11 is 1.69. The standard InChI is InChI=1S/C25H27NO2S/c1-2-28-23-16-8-6-13-21(23)14-10-18-26-25(27)22-15-7-9-17-24(22)29-19-20-11-4-3-5-12-20/h3-9,11-13,15-17H,2,10,14,18-19H2,1H3,(H,26,27). The summed E-state index contributed by atoms with van der Waals surface area (Å²) in [6.07, 6.45) is 1.75. The van der Waals surface area contributed by atoms with Gasteiger partial charge in [-0.3, -0.25) is 4.79 Å². The minimum absolute atomic E-state index is 0.0146. The van der Waals surface area contributed by atoms with Crippen LogP contribution >= 0.6 is 11.8 Å². The van der Waals surface area contributed by atoms with Crippen LogP contribution in [0.1, 0.15) is 34.8 Å². The second kappa shape index (κ2) is 11.3. The summed E-state index contributed by atoms with van der Waals surface area (Å²) in [5, 5.41) is 3.07. The minimum atomic E-state index is -0.0146. The topological polar surface area (TPSA) is 38.3 Å². The summed E-state index contributed by atoms with van der Waals surface area (Å²) < 4.78 is 5.67. The van der Waals surface area contributed by atoms with E-state index < -0.39 is 0 Å². The van der Waals surface area contributed by atoms with E-state index in [2.05, 4.69) is 23.5 Å². The Kier molecular flexibility index (Phi) is 8.20. The monoisotopic (exact) mass is 405 g/mol. The normalized spacial score (nSPS) is 10.5. The predicted molar refractivity (Wildman–Crippen MR) is 121 cm³/mol. The van der Waals surface area contributed by atoms with Crippen LogP contribution in [0.5, 0.6) is 5.75 Å². The van der Waals surface area contributed by atoms with Gasteiger partial charge in [-0.05, 0) is 49.1 Å². The number of amides is 1. The van der Waals surface area contributed by atoms with Crippen LogP contribution in [-0.2, 0) is 12.2 Å². The maximum Gasteiger partial charge on any atom is 0.252 e. The fraction of sp³-hybridized carbons (Fsp3) is 0.240. The summed E-state index contributed by atoms with van der Waals surface area (Å²) in [5.41, 5.74) is 3.17. The summed E-state index contributed by atoms with van der Waals surface area (Å²) in [6, 6.07) is 26.2. The molecule has 0 unspecified atom stereocenters. The van der Waals surface area contributed by atoms with Gasteiger partial charge in [-0.1, -0.05) is 60.7 Å². The lowest BCUT2D eigenvalue weighted by molar-refractivity contribution is 0.0950. The van der Waals surface area contributed by atoms with Gasteiger partial charge in [-0.15, -0.1) is 11.8 Å². The average Bonchev–Trinajstić information content (AvgIpc) is 2.77. The fourth-order valence-electron chi connectivity index (χ4n) is 3.10. The van der Waals surface area contributed by atoms with Gasteiger partial charge in [-0.25, -0.2) is 0 Å². The molecular weight excluding hydrogens is 378 g/mol. The van der Waals surface area contributed by atoms with Crippen LogP contribution in [0.25, 0.3) is 0 Å². The maximum absolute atomic E-state index is 12.7. The highest BCUT2D eigenvalue weighted by atomic mass is 32.2. The number of thioether (sulfide) groups is 1. The molecule has 1 N–H and O–H groups in total. The number of benzene rings is 3. The highest BCUT2D eigenvalue weighted by molar-refractivity contribution is 7.98. The van der Waals surface area contributed by atoms with E-state index in [0.717, 1.165) is 34.8 Å². The lowest BCUT2D eigenvalue weighted by Gasteiger charge is -2.11. The molecular formula is C25H27NO2S. The molecule has 0 radical (unpaired) electrons. The molecule has 3 rings (SSSR count). The number of aryl methyl sites for hydroxylation is 1. The molecule has 0 aliphatic rings. The number of nitrogens with one attached hydrogen (secondary N) is 1. The van der Waals surface area contributed by atoms with E-state index in [0.29, 0.717) is 13.2 Å². The van der Waals surface area contributed by atoms with Crippen molar-refractivity contribution in [3.05, 3.63) is 95.6 Å². The third kappa shape index (κ3) is 6.40. The maximum atomic E-state index is 12.7. The molecule has 4 heteroatoms. The van der Waals surface area contributed by atoms with Gasteiger partial charge in [0, 0.05) is 17.2 Å². The lowest BCUT2D eigenvalue weighted by atomic mass is 10.1. The van der Waals surface area contributed by atoms with Crippen LogP contribution in [0.2, 0.25) is 0 Å². The molecule has 0 aliphatic heterocycles. The molecule has 29 heavy (non-hydrogen) atoms. The van der Waals surface area contributed by atoms with Crippen LogP contribution in [0.15, 0.2) is 83.8 Å². The number of carbonyl (C=O) groups is 1. The van der Waals surface area contributed by atoms with Crippen LogP contribution < -0.4 is 10.1 Å². The number of ether oxygens (including phenoxy) is 1. The quantitative estimate of drug-likeness (QED) is 0.345. The first kappa shape index (κ1) is 21.0. The predicted octanol–water partition coefficient (Wildman–Crippen LogP) is 5.74. The second-order valence-electron chi connectivity index (χ2n) is 6.67. The molecule has 0 aliphatic carbocycles. The Morgan fingerprint density at radius 3 is 2.48 bits per heavy atom. The van der Waals surface area contributed by atoms with Crippen LogP contribution in [0, 0.1) is 0 Å². The number of hydrogen-bond donors (Lipinski definition) is 1. The Bertz CT molecular complexity index is 911. The zero-order valence-electron chi connectivity index (χ0n) is 16.8. The Morgan fingerprint density at radius 1 is 0.931 bits per heavy atom. The second-order valence-corrected chi connectivity index (χ2v) is 7.69. The summed E-state index contributed by atoms with van der Waals surface area (Å²) in [7, 11) is 0. The first-order valence-electron chi connectivity index (χ1n) is 10.0. The van der Waals surface area contributed by atoms with Gasteiger partial charge < -0.3 is 10.1 Å². The molecule has 0 bridgehead atoms. The first-order chi connectivity index (χ1) is 14.3. The zero-order valence-corrected chi connectivity index (χ0v) is 17.6. The van der Waals surface area contributed by atoms with Crippen LogP contribution in [-0.4, -0.2) is 19.1 Å². The van der Waals surface area contributed by atoms with Crippen molar-refractivity contribution in [3.63, 3.8) is 0 Å². The Morgan fingerprint density at radius 2 is 1.66 bits per heavy atom. The highest BCUT2D eigenvalue weighted by Gasteiger charge is 2.11. The van der Waals surface area contributed by atoms with E-state index >= 15 is 0 Å². The van der Waals surface area contributed by atoms with Crippen molar-refractivity contribution in [2.45, 2.75) is 30.4 Å². The van der Waals surface area contributed by atoms with Gasteiger partial charge in [0.05, 0.1) is 12.2 Å². The van der Waals surface area contributed by atoms with Gasteiger partial charge in [0.25, 0.3) is 5.91 Å². The molecule has 0 atom stereocenters. The third-order valence-corrected chi connectivity index (χ3v) is 5.69. The highest BCUT2D eigenvalue weighted by Crippen LogP contribution is 2.26. The van der Waals surface area contributed by atoms with Crippen molar-refractivity contribution in [1.82, 2.24) is 5.32 Å². The van der Waals surface area contributed by atoms with Gasteiger partial charge in [0.2, 0.25) is 0 Å². The lowest BCUT2D eigenvalue weighted by Crippen LogP contribution is -2.25. The van der Waals surface area contributed by atoms with Gasteiger partial charge in [0.1, 0.15) is 5.75 Å². The van der Waals surface area contributed by atoms with E-state index in [1.165, 1.54) is 11.1 Å². The molecule has 1 amide bonds. The van der Waals surface area contributed by atoms with Crippen molar-refractivity contribution in [2.75, 3.05) is 13.2 Å². The first-order valence-corrected chi connectivity index (χ1v) is 11.0. The molecule has 3 nitrogen and oxygen atoms in total. The van der Waals surface area contributed by atoms with E-state index in [1.807, 2.05) is 67.6 Å². The molecule has 3 aromatic carbocycles. The number of carbonyl (C=O) groups excluding carboxylic acids is 1. The Labute approximate surface area is 177 Å². The van der Waals surface area contributed by atoms with E-state index in [4.69, 9.17) is 4.74 Å². The van der Waals surface area contributed by atoms with Crippen molar-refractivity contribution < 1.29 is 9.53 Å². The van der Waals surface area contributed by atoms with E-state index in [1.54, 1.807) is 11.8 Å².